The van der Waals surface area contributed by atoms with E-state index in [1.807, 2.05) is 29.2 Å². The van der Waals surface area contributed by atoms with E-state index in [4.69, 9.17) is 0 Å². The van der Waals surface area contributed by atoms with Gasteiger partial charge in [0.15, 0.2) is 0 Å². The highest BCUT2D eigenvalue weighted by Crippen LogP contribution is 2.13. The van der Waals surface area contributed by atoms with Crippen LogP contribution in [0.2, 0.25) is 0 Å². The number of hydrogen-bond acceptors (Lipinski definition) is 3. The zero-order valence-corrected chi connectivity index (χ0v) is 11.8. The zero-order chi connectivity index (χ0) is 13.8. The molecular weight excluding hydrogens is 260 g/mol. The Kier molecular flexibility index (Phi) is 4.47. The van der Waals surface area contributed by atoms with Crippen LogP contribution < -0.4 is 5.32 Å². The number of benzene rings is 1. The molecule has 0 spiro atoms. The summed E-state index contributed by atoms with van der Waals surface area (Å²) in [5, 5.41) is 2.85. The van der Waals surface area contributed by atoms with E-state index in [1.54, 1.807) is 0 Å². The molecule has 2 amide bonds. The molecule has 19 heavy (non-hydrogen) atoms. The summed E-state index contributed by atoms with van der Waals surface area (Å²) < 4.78 is 0. The first-order valence-corrected chi connectivity index (χ1v) is 6.82. The van der Waals surface area contributed by atoms with Crippen molar-refractivity contribution in [1.82, 2.24) is 10.2 Å². The standard InChI is InChI=1S/C14H18N2O2S/c1-10(17)15-12-6-7-16(9-12)14(18)8-11-2-4-13(19)5-3-11/h2-5,12,19H,6-9H2,1H3,(H,15,17). The van der Waals surface area contributed by atoms with E-state index in [9.17, 15) is 9.59 Å². The normalized spacial score (nSPS) is 18.4. The summed E-state index contributed by atoms with van der Waals surface area (Å²) in [6.45, 7) is 2.83. The van der Waals surface area contributed by atoms with Gasteiger partial charge in [0.2, 0.25) is 11.8 Å². The number of carbonyl (C=O) groups is 2. The van der Waals surface area contributed by atoms with Gasteiger partial charge >= 0.3 is 0 Å². The minimum atomic E-state index is -0.0383. The molecule has 0 aromatic heterocycles. The van der Waals surface area contributed by atoms with Crippen molar-refractivity contribution < 1.29 is 9.59 Å². The maximum Gasteiger partial charge on any atom is 0.227 e. The average Bonchev–Trinajstić information content (AvgIpc) is 2.80. The predicted octanol–water partition coefficient (Wildman–Crippen LogP) is 1.25. The third-order valence-corrected chi connectivity index (χ3v) is 3.54. The lowest BCUT2D eigenvalue weighted by Gasteiger charge is -2.17. The molecule has 1 aromatic rings. The SMILES string of the molecule is CC(=O)NC1CCN(C(=O)Cc2ccc(S)cc2)C1. The summed E-state index contributed by atoms with van der Waals surface area (Å²) in [5.41, 5.74) is 0.991. The monoisotopic (exact) mass is 278 g/mol. The second-order valence-electron chi connectivity index (χ2n) is 4.87. The van der Waals surface area contributed by atoms with Crippen LogP contribution in [-0.2, 0) is 16.0 Å². The molecule has 1 atom stereocenters. The van der Waals surface area contributed by atoms with Crippen LogP contribution in [0.4, 0.5) is 0 Å². The summed E-state index contributed by atoms with van der Waals surface area (Å²) in [5.74, 6) is 0.0726. The second-order valence-corrected chi connectivity index (χ2v) is 5.39. The van der Waals surface area contributed by atoms with Crippen LogP contribution in [0.15, 0.2) is 29.2 Å². The van der Waals surface area contributed by atoms with Crippen LogP contribution in [0.5, 0.6) is 0 Å². The van der Waals surface area contributed by atoms with Gasteiger partial charge in [0, 0.05) is 31.0 Å². The summed E-state index contributed by atoms with van der Waals surface area (Å²) in [4.78, 5) is 25.8. The van der Waals surface area contributed by atoms with Crippen molar-refractivity contribution in [1.29, 1.82) is 0 Å². The first kappa shape index (κ1) is 13.9. The topological polar surface area (TPSA) is 49.4 Å². The number of nitrogens with zero attached hydrogens (tertiary/aromatic N) is 1. The Labute approximate surface area is 118 Å². The molecule has 1 heterocycles. The Balaban J connectivity index is 1.87. The van der Waals surface area contributed by atoms with Crippen LogP contribution in [0.3, 0.4) is 0 Å². The molecule has 4 nitrogen and oxygen atoms in total. The summed E-state index contributed by atoms with van der Waals surface area (Å²) >= 11 is 4.22. The molecule has 1 aliphatic rings. The van der Waals surface area contributed by atoms with E-state index in [0.29, 0.717) is 19.5 Å². The number of thiol groups is 1. The molecule has 102 valence electrons. The third kappa shape index (κ3) is 3.99. The summed E-state index contributed by atoms with van der Waals surface area (Å²) in [6, 6.07) is 7.70. The van der Waals surface area contributed by atoms with Crippen molar-refractivity contribution in [3.05, 3.63) is 29.8 Å². The largest absolute Gasteiger partial charge is 0.352 e. The minimum absolute atomic E-state index is 0.0383. The lowest BCUT2D eigenvalue weighted by atomic mass is 10.1. The Morgan fingerprint density at radius 1 is 1.37 bits per heavy atom. The quantitative estimate of drug-likeness (QED) is 0.818. The molecule has 2 rings (SSSR count). The number of nitrogens with one attached hydrogen (secondary N) is 1. The smallest absolute Gasteiger partial charge is 0.227 e. The van der Waals surface area contributed by atoms with Gasteiger partial charge in [0.1, 0.15) is 0 Å². The molecule has 1 N–H and O–H groups in total. The van der Waals surface area contributed by atoms with Crippen LogP contribution in [0, 0.1) is 0 Å². The first-order chi connectivity index (χ1) is 9.04. The molecule has 1 saturated heterocycles. The number of carbonyl (C=O) groups excluding carboxylic acids is 2. The average molecular weight is 278 g/mol. The van der Waals surface area contributed by atoms with E-state index >= 15 is 0 Å². The maximum atomic E-state index is 12.1. The maximum absolute atomic E-state index is 12.1. The van der Waals surface area contributed by atoms with Crippen LogP contribution in [-0.4, -0.2) is 35.8 Å². The molecule has 1 fully saturated rings. The molecule has 1 aromatic carbocycles. The Bertz CT molecular complexity index is 473. The molecular formula is C14H18N2O2S. The van der Waals surface area contributed by atoms with Crippen LogP contribution in [0.25, 0.3) is 0 Å². The fourth-order valence-corrected chi connectivity index (χ4v) is 2.44. The van der Waals surface area contributed by atoms with E-state index in [0.717, 1.165) is 16.9 Å². The summed E-state index contributed by atoms with van der Waals surface area (Å²) in [7, 11) is 0. The Morgan fingerprint density at radius 3 is 2.68 bits per heavy atom. The van der Waals surface area contributed by atoms with E-state index in [2.05, 4.69) is 17.9 Å². The molecule has 0 aliphatic carbocycles. The first-order valence-electron chi connectivity index (χ1n) is 6.37. The highest BCUT2D eigenvalue weighted by molar-refractivity contribution is 7.80. The number of likely N-dealkylation sites (tertiary alicyclic amines) is 1. The van der Waals surface area contributed by atoms with E-state index in [-0.39, 0.29) is 17.9 Å². The van der Waals surface area contributed by atoms with Crippen molar-refractivity contribution in [2.45, 2.75) is 30.7 Å². The van der Waals surface area contributed by atoms with Gasteiger partial charge in [0.25, 0.3) is 0 Å². The lowest BCUT2D eigenvalue weighted by Crippen LogP contribution is -2.37. The molecule has 0 saturated carbocycles. The van der Waals surface area contributed by atoms with Crippen molar-refractivity contribution in [3.8, 4) is 0 Å². The van der Waals surface area contributed by atoms with Gasteiger partial charge in [-0.1, -0.05) is 12.1 Å². The molecule has 5 heteroatoms. The molecule has 1 unspecified atom stereocenters. The van der Waals surface area contributed by atoms with Crippen LogP contribution in [0.1, 0.15) is 18.9 Å². The van der Waals surface area contributed by atoms with Gasteiger partial charge in [-0.3, -0.25) is 9.59 Å². The Morgan fingerprint density at radius 2 is 2.05 bits per heavy atom. The lowest BCUT2D eigenvalue weighted by molar-refractivity contribution is -0.129. The van der Waals surface area contributed by atoms with Crippen molar-refractivity contribution in [3.63, 3.8) is 0 Å². The number of amides is 2. The second kappa shape index (κ2) is 6.10. The van der Waals surface area contributed by atoms with Gasteiger partial charge in [-0.15, -0.1) is 12.6 Å². The van der Waals surface area contributed by atoms with E-state index in [1.165, 1.54) is 6.92 Å². The van der Waals surface area contributed by atoms with Crippen molar-refractivity contribution >= 4 is 24.4 Å². The van der Waals surface area contributed by atoms with Crippen molar-refractivity contribution in [2.75, 3.05) is 13.1 Å². The number of hydrogen-bond donors (Lipinski definition) is 2. The van der Waals surface area contributed by atoms with Gasteiger partial charge in [-0.25, -0.2) is 0 Å². The fourth-order valence-electron chi connectivity index (χ4n) is 2.29. The molecule has 1 aliphatic heterocycles. The van der Waals surface area contributed by atoms with Gasteiger partial charge in [-0.05, 0) is 24.1 Å². The predicted molar refractivity (Wildman–Crippen MR) is 76.2 cm³/mol. The Hall–Kier alpha value is -1.49. The third-order valence-electron chi connectivity index (χ3n) is 3.24. The molecule has 0 bridgehead atoms. The molecule has 0 radical (unpaired) electrons. The van der Waals surface area contributed by atoms with Crippen LogP contribution >= 0.6 is 12.6 Å². The number of rotatable bonds is 3. The van der Waals surface area contributed by atoms with Gasteiger partial charge in [-0.2, -0.15) is 0 Å². The van der Waals surface area contributed by atoms with Crippen molar-refractivity contribution in [2.24, 2.45) is 0 Å². The fraction of sp³-hybridized carbons (Fsp3) is 0.429. The van der Waals surface area contributed by atoms with Gasteiger partial charge in [0.05, 0.1) is 6.42 Å². The highest BCUT2D eigenvalue weighted by Gasteiger charge is 2.26. The highest BCUT2D eigenvalue weighted by atomic mass is 32.1. The minimum Gasteiger partial charge on any atom is -0.352 e. The van der Waals surface area contributed by atoms with Gasteiger partial charge < -0.3 is 10.2 Å². The zero-order valence-electron chi connectivity index (χ0n) is 10.9. The van der Waals surface area contributed by atoms with E-state index < -0.39 is 0 Å². The summed E-state index contributed by atoms with van der Waals surface area (Å²) in [6.07, 6.45) is 1.24.